The van der Waals surface area contributed by atoms with Crippen molar-refractivity contribution in [1.82, 2.24) is 24.7 Å². The first kappa shape index (κ1) is 24.4. The number of alkyl halides is 3. The fourth-order valence-electron chi connectivity index (χ4n) is 3.92. The largest absolute Gasteiger partial charge is 0.433 e. The van der Waals surface area contributed by atoms with Gasteiger partial charge < -0.3 is 15.5 Å². The summed E-state index contributed by atoms with van der Waals surface area (Å²) >= 11 is 0. The Morgan fingerprint density at radius 3 is 2.60 bits per heavy atom. The Morgan fingerprint density at radius 1 is 1.17 bits per heavy atom. The van der Waals surface area contributed by atoms with Crippen LogP contribution < -0.4 is 15.5 Å². The van der Waals surface area contributed by atoms with Crippen LogP contribution in [0.2, 0.25) is 0 Å². The second-order valence-electron chi connectivity index (χ2n) is 9.03. The van der Waals surface area contributed by atoms with Gasteiger partial charge in [-0.1, -0.05) is 19.9 Å². The Kier molecular flexibility index (Phi) is 6.64. The number of nitrogens with zero attached hydrogens (tertiary/aromatic N) is 6. The first-order valence-electron chi connectivity index (χ1n) is 11.2. The molecule has 0 spiro atoms. The SMILES string of the molecule is Cc1nc(NCc2cnn(Cc3ccc(C(F)(F)F)nc3)c2)nc2c1NC(=O)[C@H](CC(C)C)N2C. The fraction of sp³-hybridized carbons (Fsp3) is 0.435. The summed E-state index contributed by atoms with van der Waals surface area (Å²) < 4.78 is 39.7. The number of aromatic nitrogens is 5. The van der Waals surface area contributed by atoms with Gasteiger partial charge in [0.05, 0.1) is 18.4 Å². The topological polar surface area (TPSA) is 101 Å². The van der Waals surface area contributed by atoms with Crippen LogP contribution in [-0.4, -0.2) is 43.7 Å². The quantitative estimate of drug-likeness (QED) is 0.521. The van der Waals surface area contributed by atoms with E-state index in [0.717, 1.165) is 11.6 Å². The Hall–Kier alpha value is -3.70. The van der Waals surface area contributed by atoms with Gasteiger partial charge in [0.2, 0.25) is 11.9 Å². The third-order valence-corrected chi connectivity index (χ3v) is 5.72. The number of aryl methyl sites for hydroxylation is 1. The highest BCUT2D eigenvalue weighted by Crippen LogP contribution is 2.34. The summed E-state index contributed by atoms with van der Waals surface area (Å²) in [6.45, 7) is 6.65. The lowest BCUT2D eigenvalue weighted by atomic mass is 10.00. The smallest absolute Gasteiger partial charge is 0.350 e. The van der Waals surface area contributed by atoms with E-state index in [1.54, 1.807) is 17.1 Å². The molecule has 35 heavy (non-hydrogen) atoms. The fourth-order valence-corrected chi connectivity index (χ4v) is 3.92. The molecule has 2 N–H and O–H groups in total. The Balaban J connectivity index is 1.42. The lowest BCUT2D eigenvalue weighted by Crippen LogP contribution is -2.47. The number of hydrogen-bond donors (Lipinski definition) is 2. The van der Waals surface area contributed by atoms with Crippen LogP contribution in [0.1, 0.15) is 42.8 Å². The Labute approximate surface area is 200 Å². The minimum absolute atomic E-state index is 0.0585. The van der Waals surface area contributed by atoms with E-state index < -0.39 is 11.9 Å². The van der Waals surface area contributed by atoms with E-state index in [9.17, 15) is 18.0 Å². The van der Waals surface area contributed by atoms with E-state index in [2.05, 4.69) is 44.5 Å². The van der Waals surface area contributed by atoms with Crippen molar-refractivity contribution in [3.63, 3.8) is 0 Å². The standard InChI is InChI=1S/C23H27F3N8O/c1-13(2)7-17-21(35)31-19-14(3)30-22(32-20(19)33(17)4)28-9-16-10-29-34(12-16)11-15-5-6-18(27-8-15)23(24,25)26/h5-6,8,10,12-13,17H,7,9,11H2,1-4H3,(H,31,35)(H,28,30,32)/t17-/m0/s1. The molecule has 4 heterocycles. The molecule has 12 heteroatoms. The second-order valence-corrected chi connectivity index (χ2v) is 9.03. The molecule has 3 aromatic rings. The number of hydrogen-bond acceptors (Lipinski definition) is 7. The molecular formula is C23H27F3N8O. The molecule has 186 valence electrons. The number of rotatable bonds is 7. The molecule has 0 aromatic carbocycles. The average Bonchev–Trinajstić information content (AvgIpc) is 3.23. The highest BCUT2D eigenvalue weighted by Gasteiger charge is 2.34. The monoisotopic (exact) mass is 488 g/mol. The lowest BCUT2D eigenvalue weighted by Gasteiger charge is -2.35. The van der Waals surface area contributed by atoms with E-state index in [1.807, 2.05) is 18.9 Å². The number of pyridine rings is 1. The zero-order valence-electron chi connectivity index (χ0n) is 19.9. The van der Waals surface area contributed by atoms with Gasteiger partial charge >= 0.3 is 6.18 Å². The molecule has 1 aliphatic heterocycles. The van der Waals surface area contributed by atoms with Crippen LogP contribution in [0, 0.1) is 12.8 Å². The van der Waals surface area contributed by atoms with Crippen LogP contribution in [0.5, 0.6) is 0 Å². The molecule has 4 rings (SSSR count). The van der Waals surface area contributed by atoms with Crippen molar-refractivity contribution in [2.45, 2.75) is 52.5 Å². The molecule has 3 aromatic heterocycles. The third-order valence-electron chi connectivity index (χ3n) is 5.72. The number of halogens is 3. The van der Waals surface area contributed by atoms with Crippen molar-refractivity contribution >= 4 is 23.4 Å². The molecule has 0 radical (unpaired) electrons. The van der Waals surface area contributed by atoms with E-state index >= 15 is 0 Å². The summed E-state index contributed by atoms with van der Waals surface area (Å²) in [5.41, 5.74) is 1.80. The maximum atomic E-state index is 12.7. The highest BCUT2D eigenvalue weighted by atomic mass is 19.4. The van der Waals surface area contributed by atoms with Gasteiger partial charge in [0, 0.05) is 31.5 Å². The molecule has 0 fully saturated rings. The normalized spacial score (nSPS) is 15.8. The molecule has 0 saturated heterocycles. The van der Waals surface area contributed by atoms with Gasteiger partial charge in [0.15, 0.2) is 5.82 Å². The molecule has 0 aliphatic carbocycles. The lowest BCUT2D eigenvalue weighted by molar-refractivity contribution is -0.141. The molecule has 9 nitrogen and oxygen atoms in total. The number of amides is 1. The van der Waals surface area contributed by atoms with E-state index in [-0.39, 0.29) is 11.9 Å². The number of likely N-dealkylation sites (N-methyl/N-ethyl adjacent to an activating group) is 1. The number of carbonyl (C=O) groups is 1. The van der Waals surface area contributed by atoms with E-state index in [0.29, 0.717) is 54.1 Å². The zero-order chi connectivity index (χ0) is 25.3. The van der Waals surface area contributed by atoms with Crippen LogP contribution in [0.25, 0.3) is 0 Å². The van der Waals surface area contributed by atoms with E-state index in [4.69, 9.17) is 0 Å². The van der Waals surface area contributed by atoms with Crippen LogP contribution in [-0.2, 0) is 24.1 Å². The third kappa shape index (κ3) is 5.52. The summed E-state index contributed by atoms with van der Waals surface area (Å²) in [4.78, 5) is 27.0. The van der Waals surface area contributed by atoms with Gasteiger partial charge in [-0.3, -0.25) is 14.5 Å². The number of fused-ring (bicyclic) bond motifs is 1. The van der Waals surface area contributed by atoms with Gasteiger partial charge in [-0.15, -0.1) is 0 Å². The van der Waals surface area contributed by atoms with Crippen LogP contribution in [0.4, 0.5) is 30.6 Å². The zero-order valence-corrected chi connectivity index (χ0v) is 19.9. The van der Waals surface area contributed by atoms with Gasteiger partial charge in [0.1, 0.15) is 17.4 Å². The van der Waals surface area contributed by atoms with Gasteiger partial charge in [-0.2, -0.15) is 23.3 Å². The molecular weight excluding hydrogens is 461 g/mol. The first-order chi connectivity index (χ1) is 16.5. The molecule has 1 aliphatic rings. The molecule has 1 atom stereocenters. The minimum Gasteiger partial charge on any atom is -0.350 e. The average molecular weight is 489 g/mol. The summed E-state index contributed by atoms with van der Waals surface area (Å²) in [7, 11) is 1.86. The Bertz CT molecular complexity index is 1210. The molecule has 0 saturated carbocycles. The predicted molar refractivity (Wildman–Crippen MR) is 125 cm³/mol. The van der Waals surface area contributed by atoms with Crippen molar-refractivity contribution in [3.05, 3.63) is 53.2 Å². The first-order valence-corrected chi connectivity index (χ1v) is 11.2. The second kappa shape index (κ2) is 9.51. The molecule has 1 amide bonds. The Morgan fingerprint density at radius 2 is 1.94 bits per heavy atom. The van der Waals surface area contributed by atoms with Crippen molar-refractivity contribution < 1.29 is 18.0 Å². The van der Waals surface area contributed by atoms with Crippen LogP contribution in [0.15, 0.2) is 30.7 Å². The van der Waals surface area contributed by atoms with Gasteiger partial charge in [-0.05, 0) is 30.9 Å². The maximum absolute atomic E-state index is 12.7. The number of anilines is 3. The predicted octanol–water partition coefficient (Wildman–Crippen LogP) is 3.86. The molecule has 0 unspecified atom stereocenters. The summed E-state index contributed by atoms with van der Waals surface area (Å²) in [6.07, 6.45) is 0.910. The number of carbonyl (C=O) groups excluding carboxylic acids is 1. The van der Waals surface area contributed by atoms with Gasteiger partial charge in [0.25, 0.3) is 0 Å². The van der Waals surface area contributed by atoms with E-state index in [1.165, 1.54) is 12.3 Å². The van der Waals surface area contributed by atoms with Crippen molar-refractivity contribution in [1.29, 1.82) is 0 Å². The summed E-state index contributed by atoms with van der Waals surface area (Å²) in [5, 5.41) is 10.4. The van der Waals surface area contributed by atoms with Crippen LogP contribution >= 0.6 is 0 Å². The van der Waals surface area contributed by atoms with Crippen LogP contribution in [0.3, 0.4) is 0 Å². The number of nitrogens with one attached hydrogen (secondary N) is 2. The maximum Gasteiger partial charge on any atom is 0.433 e. The highest BCUT2D eigenvalue weighted by molar-refractivity contribution is 6.03. The van der Waals surface area contributed by atoms with Crippen molar-refractivity contribution in [2.75, 3.05) is 22.6 Å². The van der Waals surface area contributed by atoms with Gasteiger partial charge in [-0.25, -0.2) is 4.98 Å². The summed E-state index contributed by atoms with van der Waals surface area (Å²) in [6, 6.07) is 2.05. The van der Waals surface area contributed by atoms with Crippen molar-refractivity contribution in [2.24, 2.45) is 5.92 Å². The molecule has 0 bridgehead atoms. The minimum atomic E-state index is -4.46. The summed E-state index contributed by atoms with van der Waals surface area (Å²) in [5.74, 6) is 1.38. The van der Waals surface area contributed by atoms with Crippen molar-refractivity contribution in [3.8, 4) is 0 Å².